The summed E-state index contributed by atoms with van der Waals surface area (Å²) in [6.07, 6.45) is 8.53. The third-order valence-electron chi connectivity index (χ3n) is 3.34. The van der Waals surface area contributed by atoms with Crippen LogP contribution in [0, 0.1) is 0 Å². The zero-order valence-corrected chi connectivity index (χ0v) is 12.6. The van der Waals surface area contributed by atoms with Crippen LogP contribution in [0.5, 0.6) is 5.75 Å². The molecule has 0 aromatic heterocycles. The Labute approximate surface area is 125 Å². The Morgan fingerprint density at radius 2 is 2.10 bits per heavy atom. The van der Waals surface area contributed by atoms with Crippen molar-refractivity contribution in [1.29, 1.82) is 0 Å². The van der Waals surface area contributed by atoms with E-state index in [4.69, 9.17) is 10.5 Å². The van der Waals surface area contributed by atoms with E-state index < -0.39 is 0 Å². The fraction of sp³-hybridized carbons (Fsp3) is 0.353. The largest absolute Gasteiger partial charge is 0.481 e. The summed E-state index contributed by atoms with van der Waals surface area (Å²) >= 11 is 0. The lowest BCUT2D eigenvalue weighted by Gasteiger charge is -2.30. The van der Waals surface area contributed by atoms with Gasteiger partial charge in [-0.05, 0) is 30.5 Å². The van der Waals surface area contributed by atoms with Crippen LogP contribution in [0.4, 0.5) is 11.4 Å². The van der Waals surface area contributed by atoms with E-state index in [2.05, 4.69) is 18.2 Å². The first-order chi connectivity index (χ1) is 10.2. The summed E-state index contributed by atoms with van der Waals surface area (Å²) in [4.78, 5) is 13.8. The number of anilines is 2. The van der Waals surface area contributed by atoms with E-state index in [1.165, 1.54) is 5.57 Å². The van der Waals surface area contributed by atoms with Gasteiger partial charge < -0.3 is 15.4 Å². The van der Waals surface area contributed by atoms with Crippen LogP contribution in [-0.4, -0.2) is 19.1 Å². The molecule has 0 spiro atoms. The van der Waals surface area contributed by atoms with Gasteiger partial charge in [0.25, 0.3) is 5.91 Å². The van der Waals surface area contributed by atoms with E-state index in [1.54, 1.807) is 17.0 Å². The summed E-state index contributed by atoms with van der Waals surface area (Å²) < 4.78 is 5.43. The number of carbonyl (C=O) groups is 1. The van der Waals surface area contributed by atoms with Gasteiger partial charge in [-0.3, -0.25) is 4.79 Å². The maximum atomic E-state index is 12.0. The maximum Gasteiger partial charge on any atom is 0.265 e. The van der Waals surface area contributed by atoms with Gasteiger partial charge in [-0.2, -0.15) is 0 Å². The molecular formula is C17H22N2O2. The molecule has 0 saturated heterocycles. The summed E-state index contributed by atoms with van der Waals surface area (Å²) in [5.41, 5.74) is 8.35. The van der Waals surface area contributed by atoms with Crippen LogP contribution in [0.1, 0.15) is 26.7 Å². The number of nitrogens with zero attached hydrogens (tertiary/aromatic N) is 1. The molecule has 1 amide bonds. The third kappa shape index (κ3) is 3.45. The highest BCUT2D eigenvalue weighted by atomic mass is 16.5. The second kappa shape index (κ2) is 6.97. The molecule has 0 unspecified atom stereocenters. The molecule has 0 saturated carbocycles. The van der Waals surface area contributed by atoms with Crippen LogP contribution in [-0.2, 0) is 4.79 Å². The van der Waals surface area contributed by atoms with E-state index in [9.17, 15) is 4.79 Å². The second-order valence-electron chi connectivity index (χ2n) is 4.75. The number of nitrogens with two attached hydrogens (primary N) is 1. The Hall–Kier alpha value is -2.23. The quantitative estimate of drug-likeness (QED) is 0.849. The van der Waals surface area contributed by atoms with Gasteiger partial charge in [-0.1, -0.05) is 32.1 Å². The van der Waals surface area contributed by atoms with Crippen molar-refractivity contribution < 1.29 is 9.53 Å². The first-order valence-electron chi connectivity index (χ1n) is 7.42. The van der Waals surface area contributed by atoms with E-state index in [0.717, 1.165) is 18.5 Å². The number of hydrogen-bond donors (Lipinski definition) is 1. The van der Waals surface area contributed by atoms with Gasteiger partial charge in [0, 0.05) is 11.8 Å². The first kappa shape index (κ1) is 15.2. The van der Waals surface area contributed by atoms with Crippen LogP contribution in [0.3, 0.4) is 0 Å². The van der Waals surface area contributed by atoms with E-state index in [-0.39, 0.29) is 12.5 Å². The second-order valence-corrected chi connectivity index (χ2v) is 4.75. The number of carbonyl (C=O) groups excluding carboxylic acids is 1. The highest BCUT2D eigenvalue weighted by Crippen LogP contribution is 2.34. The lowest BCUT2D eigenvalue weighted by Crippen LogP contribution is -2.39. The molecule has 21 heavy (non-hydrogen) atoms. The van der Waals surface area contributed by atoms with Crippen LogP contribution in [0.2, 0.25) is 0 Å². The Kier molecular flexibility index (Phi) is 5.04. The Morgan fingerprint density at radius 1 is 1.29 bits per heavy atom. The third-order valence-corrected chi connectivity index (χ3v) is 3.34. The maximum absolute atomic E-state index is 12.0. The number of hydrogen-bond acceptors (Lipinski definition) is 3. The fourth-order valence-electron chi connectivity index (χ4n) is 2.36. The monoisotopic (exact) mass is 286 g/mol. The Bertz CT molecular complexity index is 576. The molecule has 1 heterocycles. The van der Waals surface area contributed by atoms with Gasteiger partial charge in [-0.15, -0.1) is 0 Å². The van der Waals surface area contributed by atoms with Crippen molar-refractivity contribution in [3.05, 3.63) is 42.0 Å². The SMILES string of the molecule is CC.Nc1ccc2c(c1)OCC(=O)N2CC1=CCCC=C1. The van der Waals surface area contributed by atoms with Crippen molar-refractivity contribution in [3.63, 3.8) is 0 Å². The minimum atomic E-state index is -0.0165. The van der Waals surface area contributed by atoms with Gasteiger partial charge in [-0.25, -0.2) is 0 Å². The molecule has 4 nitrogen and oxygen atoms in total. The fourth-order valence-corrected chi connectivity index (χ4v) is 2.36. The molecule has 1 aromatic rings. The van der Waals surface area contributed by atoms with Crippen LogP contribution in [0.25, 0.3) is 0 Å². The summed E-state index contributed by atoms with van der Waals surface area (Å²) in [6.45, 7) is 4.67. The molecule has 0 bridgehead atoms. The zero-order valence-electron chi connectivity index (χ0n) is 12.6. The number of rotatable bonds is 2. The molecule has 2 N–H and O–H groups in total. The van der Waals surface area contributed by atoms with Crippen LogP contribution < -0.4 is 15.4 Å². The highest BCUT2D eigenvalue weighted by Gasteiger charge is 2.25. The number of fused-ring (bicyclic) bond motifs is 1. The Balaban J connectivity index is 0.000000774. The van der Waals surface area contributed by atoms with Gasteiger partial charge in [0.2, 0.25) is 0 Å². The molecule has 0 atom stereocenters. The molecule has 2 aliphatic rings. The molecule has 1 aromatic carbocycles. The van der Waals surface area contributed by atoms with Crippen molar-refractivity contribution in [2.24, 2.45) is 0 Å². The molecule has 0 radical (unpaired) electrons. The van der Waals surface area contributed by atoms with E-state index in [0.29, 0.717) is 18.0 Å². The van der Waals surface area contributed by atoms with Gasteiger partial charge in [0.15, 0.2) is 6.61 Å². The highest BCUT2D eigenvalue weighted by molar-refractivity contribution is 5.98. The van der Waals surface area contributed by atoms with E-state index >= 15 is 0 Å². The lowest BCUT2D eigenvalue weighted by atomic mass is 10.1. The molecule has 3 rings (SSSR count). The number of amides is 1. The minimum absolute atomic E-state index is 0.0165. The average molecular weight is 286 g/mol. The zero-order chi connectivity index (χ0) is 15.2. The molecule has 4 heteroatoms. The lowest BCUT2D eigenvalue weighted by molar-refractivity contribution is -0.121. The molecule has 0 fully saturated rings. The average Bonchev–Trinajstić information content (AvgIpc) is 2.53. The summed E-state index contributed by atoms with van der Waals surface area (Å²) in [5.74, 6) is 0.664. The van der Waals surface area contributed by atoms with Gasteiger partial charge >= 0.3 is 0 Å². The summed E-state index contributed by atoms with van der Waals surface area (Å²) in [7, 11) is 0. The number of benzene rings is 1. The van der Waals surface area contributed by atoms with Crippen molar-refractivity contribution in [2.45, 2.75) is 26.7 Å². The number of nitrogen functional groups attached to an aromatic ring is 1. The minimum Gasteiger partial charge on any atom is -0.481 e. The van der Waals surface area contributed by atoms with Crippen molar-refractivity contribution in [2.75, 3.05) is 23.8 Å². The summed E-state index contributed by atoms with van der Waals surface area (Å²) in [6, 6.07) is 5.40. The van der Waals surface area contributed by atoms with Crippen molar-refractivity contribution in [1.82, 2.24) is 0 Å². The van der Waals surface area contributed by atoms with E-state index in [1.807, 2.05) is 19.9 Å². The van der Waals surface area contributed by atoms with Gasteiger partial charge in [0.1, 0.15) is 5.75 Å². The van der Waals surface area contributed by atoms with Crippen LogP contribution >= 0.6 is 0 Å². The Morgan fingerprint density at radius 3 is 2.81 bits per heavy atom. The first-order valence-corrected chi connectivity index (χ1v) is 7.42. The van der Waals surface area contributed by atoms with Gasteiger partial charge in [0.05, 0.1) is 12.2 Å². The number of allylic oxidation sites excluding steroid dienone is 2. The predicted octanol–water partition coefficient (Wildman–Crippen LogP) is 3.30. The standard InChI is InChI=1S/C15H16N2O2.C2H6/c16-12-6-7-13-14(8-12)19-10-15(18)17(13)9-11-4-2-1-3-5-11;1-2/h2,4-8H,1,3,9-10,16H2;1-2H3. The normalized spacial score (nSPS) is 16.4. The smallest absolute Gasteiger partial charge is 0.265 e. The summed E-state index contributed by atoms with van der Waals surface area (Å²) in [5, 5.41) is 0. The predicted molar refractivity (Wildman–Crippen MR) is 86.5 cm³/mol. The molecule has 112 valence electrons. The topological polar surface area (TPSA) is 55.6 Å². The molecule has 1 aliphatic carbocycles. The molecule has 1 aliphatic heterocycles. The van der Waals surface area contributed by atoms with Crippen molar-refractivity contribution >= 4 is 17.3 Å². The number of ether oxygens (including phenoxy) is 1. The van der Waals surface area contributed by atoms with Crippen LogP contribution in [0.15, 0.2) is 42.0 Å². The van der Waals surface area contributed by atoms with Crippen molar-refractivity contribution in [3.8, 4) is 5.75 Å². The molecular weight excluding hydrogens is 264 g/mol.